The summed E-state index contributed by atoms with van der Waals surface area (Å²) in [5, 5.41) is 0. The topological polar surface area (TPSA) is 77.5 Å². The third kappa shape index (κ3) is 5.93. The molecule has 0 bridgehead atoms. The summed E-state index contributed by atoms with van der Waals surface area (Å²) < 4.78 is 45.8. The molecule has 0 N–H and O–H groups in total. The van der Waals surface area contributed by atoms with Crippen LogP contribution in [0.1, 0.15) is 26.7 Å². The predicted molar refractivity (Wildman–Crippen MR) is 84.0 cm³/mol. The minimum absolute atomic E-state index is 0.508. The average Bonchev–Trinajstić information content (AvgIpc) is 2.59. The smallest absolute Gasteiger partial charge is 0.379 e. The maximum atomic E-state index is 12.3. The molecule has 136 valence electrons. The first kappa shape index (κ1) is 19.0. The van der Waals surface area contributed by atoms with Gasteiger partial charge in [0.25, 0.3) is 0 Å². The third-order valence-corrected chi connectivity index (χ3v) is 4.98. The van der Waals surface area contributed by atoms with E-state index in [1.165, 1.54) is 0 Å². The molecule has 2 fully saturated rings. The van der Waals surface area contributed by atoms with Crippen molar-refractivity contribution >= 4 is 10.4 Å². The van der Waals surface area contributed by atoms with Crippen molar-refractivity contribution in [3.63, 3.8) is 0 Å². The van der Waals surface area contributed by atoms with E-state index in [9.17, 15) is 8.42 Å². The predicted octanol–water partition coefficient (Wildman–Crippen LogP) is 0.401. The molecule has 2 saturated heterocycles. The summed E-state index contributed by atoms with van der Waals surface area (Å²) in [5.74, 6) is 0. The molecule has 2 heterocycles. The maximum absolute atomic E-state index is 12.3. The largest absolute Gasteiger partial charge is 0.402 e. The van der Waals surface area contributed by atoms with E-state index >= 15 is 0 Å². The Hall–Kier alpha value is -0.290. The van der Waals surface area contributed by atoms with Crippen LogP contribution in [0.15, 0.2) is 0 Å². The van der Waals surface area contributed by atoms with E-state index in [1.807, 2.05) is 23.6 Å². The molecule has 0 spiro atoms. The van der Waals surface area contributed by atoms with Crippen LogP contribution in [0.3, 0.4) is 0 Å². The molecule has 9 heteroatoms. The third-order valence-electron chi connectivity index (χ3n) is 4.06. The number of nitrogens with zero attached hydrogens (tertiary/aromatic N) is 2. The second kappa shape index (κ2) is 9.26. The molecule has 0 amide bonds. The van der Waals surface area contributed by atoms with Crippen molar-refractivity contribution in [2.75, 3.05) is 52.6 Å². The first-order valence-corrected chi connectivity index (χ1v) is 9.64. The Morgan fingerprint density at radius 3 is 1.48 bits per heavy atom. The molecule has 2 rings (SSSR count). The lowest BCUT2D eigenvalue weighted by Gasteiger charge is -2.35. The van der Waals surface area contributed by atoms with Crippen molar-refractivity contribution in [3.8, 4) is 0 Å². The van der Waals surface area contributed by atoms with E-state index in [0.29, 0.717) is 65.4 Å². The van der Waals surface area contributed by atoms with Crippen LogP contribution >= 0.6 is 0 Å². The zero-order valence-corrected chi connectivity index (χ0v) is 14.8. The van der Waals surface area contributed by atoms with Gasteiger partial charge < -0.3 is 9.47 Å². The Kier molecular flexibility index (Phi) is 7.67. The molecule has 8 nitrogen and oxygen atoms in total. The highest BCUT2D eigenvalue weighted by Gasteiger charge is 2.30. The average molecular weight is 352 g/mol. The number of ether oxygens (including phenoxy) is 2. The number of hydrogen-bond acceptors (Lipinski definition) is 8. The van der Waals surface area contributed by atoms with Gasteiger partial charge in [-0.25, -0.2) is 8.37 Å². The van der Waals surface area contributed by atoms with Crippen molar-refractivity contribution in [2.24, 2.45) is 0 Å². The van der Waals surface area contributed by atoms with Crippen molar-refractivity contribution in [1.29, 1.82) is 0 Å². The summed E-state index contributed by atoms with van der Waals surface area (Å²) >= 11 is 0. The summed E-state index contributed by atoms with van der Waals surface area (Å²) in [6, 6.07) is 0. The molecular formula is C14H28N2O6S. The normalized spacial score (nSPS) is 24.4. The van der Waals surface area contributed by atoms with Gasteiger partial charge in [-0.1, -0.05) is 13.8 Å². The highest BCUT2D eigenvalue weighted by molar-refractivity contribution is 7.81. The molecule has 0 aromatic rings. The van der Waals surface area contributed by atoms with Crippen LogP contribution in [0.5, 0.6) is 0 Å². The fourth-order valence-electron chi connectivity index (χ4n) is 2.80. The highest BCUT2D eigenvalue weighted by Crippen LogP contribution is 2.17. The molecule has 0 radical (unpaired) electrons. The van der Waals surface area contributed by atoms with E-state index in [-0.39, 0.29) is 0 Å². The molecule has 23 heavy (non-hydrogen) atoms. The van der Waals surface area contributed by atoms with Crippen LogP contribution in [0, 0.1) is 0 Å². The van der Waals surface area contributed by atoms with Crippen LogP contribution in [-0.2, 0) is 28.2 Å². The first-order chi connectivity index (χ1) is 11.1. The minimum Gasteiger partial charge on any atom is -0.379 e. The molecule has 0 saturated carbocycles. The zero-order chi connectivity index (χ0) is 16.7. The van der Waals surface area contributed by atoms with E-state index in [1.54, 1.807) is 0 Å². The van der Waals surface area contributed by atoms with Crippen molar-refractivity contribution < 1.29 is 26.3 Å². The molecular weight excluding hydrogens is 324 g/mol. The van der Waals surface area contributed by atoms with Gasteiger partial charge in [-0.2, -0.15) is 8.42 Å². The lowest BCUT2D eigenvalue weighted by molar-refractivity contribution is -0.0714. The highest BCUT2D eigenvalue weighted by atomic mass is 32.3. The Balaban J connectivity index is 1.92. The van der Waals surface area contributed by atoms with Crippen LogP contribution < -0.4 is 0 Å². The van der Waals surface area contributed by atoms with Gasteiger partial charge >= 0.3 is 10.4 Å². The van der Waals surface area contributed by atoms with Gasteiger partial charge in [-0.3, -0.25) is 9.80 Å². The standard InChI is InChI=1S/C14H28N2O6S/c1-3-13(15-5-9-19-10-6-15)21-23(17,18)22-14(4-2)16-7-11-20-12-8-16/h13-14H,3-12H2,1-2H3. The summed E-state index contributed by atoms with van der Waals surface area (Å²) in [4.78, 5) is 3.94. The summed E-state index contributed by atoms with van der Waals surface area (Å²) in [6.07, 6.45) is 0.116. The van der Waals surface area contributed by atoms with E-state index < -0.39 is 22.9 Å². The Morgan fingerprint density at radius 2 is 1.17 bits per heavy atom. The van der Waals surface area contributed by atoms with Gasteiger partial charge in [0.15, 0.2) is 0 Å². The molecule has 2 aliphatic rings. The van der Waals surface area contributed by atoms with Crippen molar-refractivity contribution in [2.45, 2.75) is 39.1 Å². The number of morpholine rings is 2. The van der Waals surface area contributed by atoms with Gasteiger partial charge in [0.1, 0.15) is 12.5 Å². The Morgan fingerprint density at radius 1 is 0.826 bits per heavy atom. The Bertz CT molecular complexity index is 401. The SMILES string of the molecule is CCC(OS(=O)(=O)OC(CC)N1CCOCC1)N1CCOCC1. The van der Waals surface area contributed by atoms with Gasteiger partial charge in [0.05, 0.1) is 26.4 Å². The Labute approximate surface area is 138 Å². The molecule has 2 atom stereocenters. The fraction of sp³-hybridized carbons (Fsp3) is 1.00. The van der Waals surface area contributed by atoms with E-state index in [2.05, 4.69) is 0 Å². The van der Waals surface area contributed by atoms with Crippen LogP contribution in [-0.4, -0.2) is 83.3 Å². The van der Waals surface area contributed by atoms with Crippen LogP contribution in [0.25, 0.3) is 0 Å². The molecule has 0 aromatic carbocycles. The second-order valence-electron chi connectivity index (χ2n) is 5.62. The quantitative estimate of drug-likeness (QED) is 0.621. The lowest BCUT2D eigenvalue weighted by atomic mass is 10.3. The van der Waals surface area contributed by atoms with E-state index in [4.69, 9.17) is 17.8 Å². The fourth-order valence-corrected chi connectivity index (χ4v) is 3.90. The minimum atomic E-state index is -4.07. The molecule has 0 aromatic heterocycles. The zero-order valence-electron chi connectivity index (χ0n) is 14.0. The summed E-state index contributed by atoms with van der Waals surface area (Å²) in [5.41, 5.74) is 0. The van der Waals surface area contributed by atoms with Gasteiger partial charge in [-0.15, -0.1) is 0 Å². The number of rotatable bonds is 8. The molecule has 0 aliphatic carbocycles. The van der Waals surface area contributed by atoms with Gasteiger partial charge in [0, 0.05) is 26.2 Å². The summed E-state index contributed by atoms with van der Waals surface area (Å²) in [6.45, 7) is 8.80. The first-order valence-electron chi connectivity index (χ1n) is 8.30. The monoisotopic (exact) mass is 352 g/mol. The van der Waals surface area contributed by atoms with Crippen LogP contribution in [0.4, 0.5) is 0 Å². The van der Waals surface area contributed by atoms with Gasteiger partial charge in [-0.05, 0) is 12.8 Å². The lowest BCUT2D eigenvalue weighted by Crippen LogP contribution is -2.48. The number of hydrogen-bond donors (Lipinski definition) is 0. The molecule has 2 unspecified atom stereocenters. The van der Waals surface area contributed by atoms with Crippen LogP contribution in [0.2, 0.25) is 0 Å². The summed E-state index contributed by atoms with van der Waals surface area (Å²) in [7, 11) is -4.07. The second-order valence-corrected chi connectivity index (χ2v) is 6.82. The maximum Gasteiger partial charge on any atom is 0.402 e. The van der Waals surface area contributed by atoms with Crippen molar-refractivity contribution in [3.05, 3.63) is 0 Å². The van der Waals surface area contributed by atoms with Crippen molar-refractivity contribution in [1.82, 2.24) is 9.80 Å². The molecule has 2 aliphatic heterocycles. The van der Waals surface area contributed by atoms with Gasteiger partial charge in [0.2, 0.25) is 0 Å². The van der Waals surface area contributed by atoms with E-state index in [0.717, 1.165) is 0 Å².